The third-order valence-electron chi connectivity index (χ3n) is 3.14. The van der Waals surface area contributed by atoms with Gasteiger partial charge in [0.2, 0.25) is 0 Å². The second kappa shape index (κ2) is 8.05. The number of nitrogens with one attached hydrogen (secondary N) is 1. The number of sulfonamides is 1. The molecule has 0 saturated carbocycles. The molecule has 1 amide bonds. The summed E-state index contributed by atoms with van der Waals surface area (Å²) in [6, 6.07) is 5.27. The number of ether oxygens (including phenoxy) is 1. The van der Waals surface area contributed by atoms with Gasteiger partial charge in [0, 0.05) is 17.4 Å². The molecule has 0 spiro atoms. The van der Waals surface area contributed by atoms with Crippen molar-refractivity contribution >= 4 is 33.2 Å². The Morgan fingerprint density at radius 2 is 1.85 bits per heavy atom. The molecule has 12 heteroatoms. The molecule has 0 bridgehead atoms. The standard InChI is InChI=1S/C15H13F3N2O5S2/c1-2-25-14(22)11-8-26-12(19-11)7-9-3-5-10(6-4-9)13(21)20-27(23,24)15(16,17)18/h3-6,8H,2,7H2,1H3,(H,20,21). The van der Waals surface area contributed by atoms with Crippen LogP contribution in [0.1, 0.15) is 38.3 Å². The van der Waals surface area contributed by atoms with Crippen LogP contribution in [0.15, 0.2) is 29.6 Å². The lowest BCUT2D eigenvalue weighted by atomic mass is 10.1. The van der Waals surface area contributed by atoms with Crippen molar-refractivity contribution in [3.8, 4) is 0 Å². The van der Waals surface area contributed by atoms with Gasteiger partial charge >= 0.3 is 21.5 Å². The molecule has 0 aliphatic rings. The van der Waals surface area contributed by atoms with Gasteiger partial charge in [0.15, 0.2) is 5.69 Å². The van der Waals surface area contributed by atoms with Gasteiger partial charge in [0.05, 0.1) is 11.6 Å². The highest BCUT2D eigenvalue weighted by atomic mass is 32.2. The Morgan fingerprint density at radius 3 is 2.41 bits per heavy atom. The molecule has 2 rings (SSSR count). The van der Waals surface area contributed by atoms with Crippen molar-refractivity contribution in [2.75, 3.05) is 6.61 Å². The summed E-state index contributed by atoms with van der Waals surface area (Å²) in [6.45, 7) is 1.89. The molecule has 0 unspecified atom stereocenters. The molecule has 0 fully saturated rings. The van der Waals surface area contributed by atoms with Gasteiger partial charge in [-0.3, -0.25) is 4.79 Å². The molecule has 0 saturated heterocycles. The van der Waals surface area contributed by atoms with Crippen molar-refractivity contribution in [3.63, 3.8) is 0 Å². The highest BCUT2D eigenvalue weighted by molar-refractivity contribution is 7.90. The molecule has 1 N–H and O–H groups in total. The van der Waals surface area contributed by atoms with Crippen LogP contribution >= 0.6 is 11.3 Å². The maximum atomic E-state index is 12.3. The number of carbonyl (C=O) groups is 2. The van der Waals surface area contributed by atoms with Crippen LogP contribution < -0.4 is 4.72 Å². The van der Waals surface area contributed by atoms with E-state index >= 15 is 0 Å². The summed E-state index contributed by atoms with van der Waals surface area (Å²) in [5.74, 6) is -1.93. The van der Waals surface area contributed by atoms with E-state index in [1.807, 2.05) is 0 Å². The van der Waals surface area contributed by atoms with Crippen LogP contribution in [0.5, 0.6) is 0 Å². The van der Waals surface area contributed by atoms with E-state index < -0.39 is 27.4 Å². The van der Waals surface area contributed by atoms with E-state index in [-0.39, 0.29) is 17.9 Å². The average molecular weight is 422 g/mol. The molecule has 1 aromatic carbocycles. The van der Waals surface area contributed by atoms with E-state index in [2.05, 4.69) is 4.98 Å². The molecule has 7 nitrogen and oxygen atoms in total. The fraction of sp³-hybridized carbons (Fsp3) is 0.267. The number of thiazole rings is 1. The van der Waals surface area contributed by atoms with Gasteiger partial charge in [0.25, 0.3) is 5.91 Å². The first-order chi connectivity index (χ1) is 12.5. The second-order valence-electron chi connectivity index (χ2n) is 5.10. The Hall–Kier alpha value is -2.47. The third kappa shape index (κ3) is 5.26. The Bertz CT molecular complexity index is 937. The summed E-state index contributed by atoms with van der Waals surface area (Å²) >= 11 is 1.22. The van der Waals surface area contributed by atoms with Gasteiger partial charge in [-0.15, -0.1) is 11.3 Å². The van der Waals surface area contributed by atoms with Crippen LogP contribution in [0.4, 0.5) is 13.2 Å². The van der Waals surface area contributed by atoms with Gasteiger partial charge < -0.3 is 4.74 Å². The van der Waals surface area contributed by atoms with Crippen LogP contribution in [0.2, 0.25) is 0 Å². The quantitative estimate of drug-likeness (QED) is 0.718. The van der Waals surface area contributed by atoms with E-state index in [1.165, 1.54) is 41.0 Å². The molecule has 0 aliphatic carbocycles. The van der Waals surface area contributed by atoms with E-state index in [1.54, 1.807) is 6.92 Å². The summed E-state index contributed by atoms with van der Waals surface area (Å²) in [4.78, 5) is 27.3. The minimum Gasteiger partial charge on any atom is -0.461 e. The average Bonchev–Trinajstić information content (AvgIpc) is 3.03. The van der Waals surface area contributed by atoms with Gasteiger partial charge in [-0.2, -0.15) is 21.6 Å². The number of alkyl halides is 3. The Labute approximate surface area is 156 Å². The number of rotatable bonds is 6. The highest BCUT2D eigenvalue weighted by Crippen LogP contribution is 2.22. The zero-order valence-corrected chi connectivity index (χ0v) is 15.4. The van der Waals surface area contributed by atoms with Crippen molar-refractivity contribution in [1.29, 1.82) is 0 Å². The molecular weight excluding hydrogens is 409 g/mol. The zero-order valence-electron chi connectivity index (χ0n) is 13.7. The molecule has 1 aromatic heterocycles. The fourth-order valence-corrected chi connectivity index (χ4v) is 3.15. The minimum absolute atomic E-state index is 0.171. The lowest BCUT2D eigenvalue weighted by Crippen LogP contribution is -2.40. The summed E-state index contributed by atoms with van der Waals surface area (Å²) in [6.07, 6.45) is 0.312. The van der Waals surface area contributed by atoms with E-state index in [9.17, 15) is 31.2 Å². The first kappa shape index (κ1) is 20.8. The molecule has 27 heavy (non-hydrogen) atoms. The normalized spacial score (nSPS) is 11.9. The molecule has 0 aliphatic heterocycles. The van der Waals surface area contributed by atoms with Crippen molar-refractivity contribution in [3.05, 3.63) is 51.5 Å². The van der Waals surface area contributed by atoms with Crippen LogP contribution in [-0.4, -0.2) is 37.4 Å². The van der Waals surface area contributed by atoms with Crippen molar-refractivity contribution in [2.24, 2.45) is 0 Å². The fourth-order valence-electron chi connectivity index (χ4n) is 1.88. The number of halogens is 3. The Morgan fingerprint density at radius 1 is 1.22 bits per heavy atom. The number of esters is 1. The largest absolute Gasteiger partial charge is 0.516 e. The lowest BCUT2D eigenvalue weighted by Gasteiger charge is -2.09. The van der Waals surface area contributed by atoms with E-state index in [4.69, 9.17) is 4.74 Å². The lowest BCUT2D eigenvalue weighted by molar-refractivity contribution is -0.0446. The first-order valence-corrected chi connectivity index (χ1v) is 9.73. The van der Waals surface area contributed by atoms with Crippen LogP contribution in [0.3, 0.4) is 0 Å². The molecule has 2 aromatic rings. The van der Waals surface area contributed by atoms with E-state index in [0.717, 1.165) is 4.72 Å². The number of amides is 1. The predicted molar refractivity (Wildman–Crippen MR) is 89.8 cm³/mol. The summed E-state index contributed by atoms with van der Waals surface area (Å²) in [5.41, 5.74) is -5.00. The van der Waals surface area contributed by atoms with Crippen molar-refractivity contribution in [1.82, 2.24) is 9.71 Å². The SMILES string of the molecule is CCOC(=O)c1csc(Cc2ccc(C(=O)NS(=O)(=O)C(F)(F)F)cc2)n1. The maximum absolute atomic E-state index is 12.3. The topological polar surface area (TPSA) is 102 Å². The second-order valence-corrected chi connectivity index (χ2v) is 7.72. The first-order valence-electron chi connectivity index (χ1n) is 7.37. The monoisotopic (exact) mass is 422 g/mol. The molecular formula is C15H13F3N2O5S2. The summed E-state index contributed by atoms with van der Waals surface area (Å²) in [5, 5.41) is 2.13. The number of hydrogen-bond acceptors (Lipinski definition) is 7. The van der Waals surface area contributed by atoms with Crippen LogP contribution in [0.25, 0.3) is 0 Å². The van der Waals surface area contributed by atoms with E-state index in [0.29, 0.717) is 17.0 Å². The van der Waals surface area contributed by atoms with Gasteiger partial charge in [-0.25, -0.2) is 14.5 Å². The number of benzene rings is 1. The summed E-state index contributed by atoms with van der Waals surface area (Å²) in [7, 11) is -5.77. The van der Waals surface area contributed by atoms with Gasteiger partial charge in [0.1, 0.15) is 0 Å². The van der Waals surface area contributed by atoms with Crippen molar-refractivity contribution < 1.29 is 35.9 Å². The smallest absolute Gasteiger partial charge is 0.461 e. The molecule has 0 radical (unpaired) electrons. The molecule has 1 heterocycles. The number of hydrogen-bond donors (Lipinski definition) is 1. The number of carbonyl (C=O) groups excluding carboxylic acids is 2. The Kier molecular flexibility index (Phi) is 6.21. The Balaban J connectivity index is 2.05. The van der Waals surface area contributed by atoms with Gasteiger partial charge in [-0.1, -0.05) is 12.1 Å². The summed E-state index contributed by atoms with van der Waals surface area (Å²) < 4.78 is 64.5. The van der Waals surface area contributed by atoms with Crippen LogP contribution in [0, 0.1) is 0 Å². The predicted octanol–water partition coefficient (Wildman–Crippen LogP) is 2.49. The van der Waals surface area contributed by atoms with Gasteiger partial charge in [-0.05, 0) is 24.6 Å². The minimum atomic E-state index is -5.77. The number of nitrogens with zero attached hydrogens (tertiary/aromatic N) is 1. The van der Waals surface area contributed by atoms with Crippen LogP contribution in [-0.2, 0) is 21.2 Å². The highest BCUT2D eigenvalue weighted by Gasteiger charge is 2.47. The molecule has 146 valence electrons. The maximum Gasteiger partial charge on any atom is 0.516 e. The zero-order chi connectivity index (χ0) is 20.2. The number of aromatic nitrogens is 1. The van der Waals surface area contributed by atoms with Crippen molar-refractivity contribution in [2.45, 2.75) is 18.9 Å². The third-order valence-corrected chi connectivity index (χ3v) is 5.05. The molecule has 0 atom stereocenters.